The van der Waals surface area contributed by atoms with Crippen molar-refractivity contribution in [2.75, 3.05) is 23.7 Å². The van der Waals surface area contributed by atoms with Crippen molar-refractivity contribution in [2.24, 2.45) is 0 Å². The van der Waals surface area contributed by atoms with E-state index in [0.717, 1.165) is 17.0 Å². The zero-order valence-electron chi connectivity index (χ0n) is 20.6. The topological polar surface area (TPSA) is 86.8 Å². The van der Waals surface area contributed by atoms with Crippen molar-refractivity contribution in [3.8, 4) is 0 Å². The fraction of sp³-hybridized carbons (Fsp3) is 0.440. The molecule has 7 nitrogen and oxygen atoms in total. The Balaban J connectivity index is 2.25. The Hall–Kier alpha value is -2.36. The van der Waals surface area contributed by atoms with Crippen LogP contribution in [0.3, 0.4) is 0 Å². The summed E-state index contributed by atoms with van der Waals surface area (Å²) in [5.74, 6) is -1.10. The van der Waals surface area contributed by atoms with Gasteiger partial charge in [-0.3, -0.25) is 13.9 Å². The van der Waals surface area contributed by atoms with Gasteiger partial charge in [-0.2, -0.15) is 0 Å². The number of nitrogens with zero attached hydrogens (tertiary/aromatic N) is 2. The summed E-state index contributed by atoms with van der Waals surface area (Å²) in [6, 6.07) is 9.36. The van der Waals surface area contributed by atoms with Crippen LogP contribution >= 0.6 is 23.2 Å². The number of carbonyl (C=O) groups excluding carboxylic acids is 2. The molecule has 1 N–H and O–H groups in total. The lowest BCUT2D eigenvalue weighted by Crippen LogP contribution is -2.49. The van der Waals surface area contributed by atoms with Crippen LogP contribution < -0.4 is 9.62 Å². The molecule has 198 valence electrons. The number of rotatable bonds is 13. The summed E-state index contributed by atoms with van der Waals surface area (Å²) < 4.78 is 39.1. The molecule has 0 heterocycles. The van der Waals surface area contributed by atoms with E-state index in [0.29, 0.717) is 34.3 Å². The van der Waals surface area contributed by atoms with Crippen molar-refractivity contribution in [3.05, 3.63) is 63.9 Å². The molecule has 36 heavy (non-hydrogen) atoms. The molecule has 0 fully saturated rings. The molecular formula is C25H32Cl2FN3O4S. The Labute approximate surface area is 222 Å². The van der Waals surface area contributed by atoms with Crippen LogP contribution in [0.15, 0.2) is 42.5 Å². The summed E-state index contributed by atoms with van der Waals surface area (Å²) in [7, 11) is -3.67. The average Bonchev–Trinajstić information content (AvgIpc) is 2.82. The first-order valence-electron chi connectivity index (χ1n) is 11.7. The monoisotopic (exact) mass is 559 g/mol. The largest absolute Gasteiger partial charge is 0.354 e. The maximum Gasteiger partial charge on any atom is 0.242 e. The average molecular weight is 561 g/mol. The maximum atomic E-state index is 13.4. The first-order valence-corrected chi connectivity index (χ1v) is 14.3. The SMILES string of the molecule is CCCNC(=O)[C@@H](CC)N(Cc1c(Cl)cccc1Cl)C(=O)CCCN(c1ccc(F)cc1)S(C)(=O)=O. The minimum Gasteiger partial charge on any atom is -0.354 e. The zero-order valence-corrected chi connectivity index (χ0v) is 23.0. The molecule has 0 aliphatic heterocycles. The number of hydrogen-bond acceptors (Lipinski definition) is 4. The summed E-state index contributed by atoms with van der Waals surface area (Å²) in [6.07, 6.45) is 2.33. The van der Waals surface area contributed by atoms with Gasteiger partial charge < -0.3 is 10.2 Å². The molecule has 11 heteroatoms. The molecule has 0 bridgehead atoms. The van der Waals surface area contributed by atoms with Crippen molar-refractivity contribution >= 4 is 50.7 Å². The summed E-state index contributed by atoms with van der Waals surface area (Å²) in [5, 5.41) is 3.59. The summed E-state index contributed by atoms with van der Waals surface area (Å²) >= 11 is 12.7. The van der Waals surface area contributed by atoms with Gasteiger partial charge in [0.05, 0.1) is 11.9 Å². The molecule has 0 aromatic heterocycles. The van der Waals surface area contributed by atoms with E-state index < -0.39 is 21.9 Å². The quantitative estimate of drug-likeness (QED) is 0.373. The van der Waals surface area contributed by atoms with Crippen molar-refractivity contribution in [1.29, 1.82) is 0 Å². The number of carbonyl (C=O) groups is 2. The van der Waals surface area contributed by atoms with Gasteiger partial charge in [0, 0.05) is 41.7 Å². The van der Waals surface area contributed by atoms with Gasteiger partial charge in [-0.05, 0) is 55.7 Å². The second kappa shape index (κ2) is 13.8. The number of anilines is 1. The normalized spacial score (nSPS) is 12.2. The lowest BCUT2D eigenvalue weighted by atomic mass is 10.1. The molecule has 0 spiro atoms. The standard InChI is InChI=1S/C25H32Cl2FN3O4S/c1-4-15-29-25(33)23(5-2)30(17-20-21(26)8-6-9-22(20)27)24(32)10-7-16-31(36(3,34)35)19-13-11-18(28)12-14-19/h6,8-9,11-14,23H,4-5,7,10,15-17H2,1-3H3,(H,29,33)/t23-/m1/s1. The van der Waals surface area contributed by atoms with Gasteiger partial charge in [0.25, 0.3) is 0 Å². The van der Waals surface area contributed by atoms with Gasteiger partial charge in [0.15, 0.2) is 0 Å². The van der Waals surface area contributed by atoms with E-state index in [1.165, 1.54) is 29.2 Å². The molecule has 2 aromatic rings. The van der Waals surface area contributed by atoms with Gasteiger partial charge in [0.1, 0.15) is 11.9 Å². The van der Waals surface area contributed by atoms with E-state index in [4.69, 9.17) is 23.2 Å². The van der Waals surface area contributed by atoms with Crippen LogP contribution in [0.1, 0.15) is 45.1 Å². The third kappa shape index (κ3) is 8.35. The molecule has 0 aliphatic carbocycles. The van der Waals surface area contributed by atoms with Crippen LogP contribution in [0, 0.1) is 5.82 Å². The lowest BCUT2D eigenvalue weighted by Gasteiger charge is -2.31. The van der Waals surface area contributed by atoms with Crippen molar-refractivity contribution < 1.29 is 22.4 Å². The predicted octanol–water partition coefficient (Wildman–Crippen LogP) is 5.01. The molecular weight excluding hydrogens is 528 g/mol. The van der Waals surface area contributed by atoms with E-state index in [9.17, 15) is 22.4 Å². The van der Waals surface area contributed by atoms with E-state index in [-0.39, 0.29) is 37.7 Å². The molecule has 0 aliphatic rings. The highest BCUT2D eigenvalue weighted by molar-refractivity contribution is 7.92. The van der Waals surface area contributed by atoms with E-state index >= 15 is 0 Å². The Bertz CT molecular complexity index is 1130. The Morgan fingerprint density at radius 2 is 1.67 bits per heavy atom. The van der Waals surface area contributed by atoms with Gasteiger partial charge in [0.2, 0.25) is 21.8 Å². The van der Waals surface area contributed by atoms with Gasteiger partial charge >= 0.3 is 0 Å². The smallest absolute Gasteiger partial charge is 0.242 e. The van der Waals surface area contributed by atoms with Gasteiger partial charge in [-0.25, -0.2) is 12.8 Å². The maximum absolute atomic E-state index is 13.4. The first kappa shape index (κ1) is 29.9. The fourth-order valence-electron chi connectivity index (χ4n) is 3.75. The number of nitrogens with one attached hydrogen (secondary N) is 1. The van der Waals surface area contributed by atoms with Crippen LogP contribution in [0.5, 0.6) is 0 Å². The van der Waals surface area contributed by atoms with E-state index in [2.05, 4.69) is 5.32 Å². The second-order valence-electron chi connectivity index (χ2n) is 8.35. The van der Waals surface area contributed by atoms with Crippen molar-refractivity contribution in [1.82, 2.24) is 10.2 Å². The van der Waals surface area contributed by atoms with E-state index in [1.54, 1.807) is 18.2 Å². The predicted molar refractivity (Wildman–Crippen MR) is 142 cm³/mol. The van der Waals surface area contributed by atoms with Crippen molar-refractivity contribution in [3.63, 3.8) is 0 Å². The highest BCUT2D eigenvalue weighted by Gasteiger charge is 2.29. The molecule has 0 saturated heterocycles. The molecule has 2 rings (SSSR count). The second-order valence-corrected chi connectivity index (χ2v) is 11.1. The molecule has 0 radical (unpaired) electrons. The van der Waals surface area contributed by atoms with Crippen LogP contribution in [0.25, 0.3) is 0 Å². The highest BCUT2D eigenvalue weighted by atomic mass is 35.5. The zero-order chi connectivity index (χ0) is 26.9. The first-order chi connectivity index (χ1) is 17.0. The van der Waals surface area contributed by atoms with Crippen LogP contribution in [-0.4, -0.2) is 50.5 Å². The number of amides is 2. The number of benzene rings is 2. The lowest BCUT2D eigenvalue weighted by molar-refractivity contribution is -0.141. The Morgan fingerprint density at radius 3 is 2.19 bits per heavy atom. The van der Waals surface area contributed by atoms with Crippen molar-refractivity contribution in [2.45, 2.75) is 52.1 Å². The summed E-state index contributed by atoms with van der Waals surface area (Å²) in [5.41, 5.74) is 0.830. The molecule has 0 unspecified atom stereocenters. The van der Waals surface area contributed by atoms with Gasteiger partial charge in [-0.1, -0.05) is 43.1 Å². The number of halogens is 3. The molecule has 1 atom stereocenters. The number of hydrogen-bond donors (Lipinski definition) is 1. The van der Waals surface area contributed by atoms with Crippen LogP contribution in [-0.2, 0) is 26.2 Å². The molecule has 0 saturated carbocycles. The summed E-state index contributed by atoms with van der Waals surface area (Å²) in [4.78, 5) is 27.7. The Kier molecular flexibility index (Phi) is 11.5. The third-order valence-electron chi connectivity index (χ3n) is 5.59. The summed E-state index contributed by atoms with van der Waals surface area (Å²) in [6.45, 7) is 4.26. The third-order valence-corrected chi connectivity index (χ3v) is 7.49. The molecule has 2 aromatic carbocycles. The fourth-order valence-corrected chi connectivity index (χ4v) is 5.23. The highest BCUT2D eigenvalue weighted by Crippen LogP contribution is 2.27. The van der Waals surface area contributed by atoms with E-state index in [1.807, 2.05) is 13.8 Å². The minimum atomic E-state index is -3.67. The van der Waals surface area contributed by atoms with Crippen LogP contribution in [0.4, 0.5) is 10.1 Å². The van der Waals surface area contributed by atoms with Gasteiger partial charge in [-0.15, -0.1) is 0 Å². The minimum absolute atomic E-state index is 0.00964. The molecule has 2 amide bonds. The Morgan fingerprint density at radius 1 is 1.06 bits per heavy atom. The number of sulfonamides is 1. The van der Waals surface area contributed by atoms with Crippen LogP contribution in [0.2, 0.25) is 10.0 Å².